The van der Waals surface area contributed by atoms with E-state index in [0.29, 0.717) is 12.1 Å². The van der Waals surface area contributed by atoms with Crippen LogP contribution >= 0.6 is 0 Å². The van der Waals surface area contributed by atoms with E-state index in [-0.39, 0.29) is 11.1 Å². The zero-order chi connectivity index (χ0) is 14.6. The molecule has 3 N–H and O–H groups in total. The monoisotopic (exact) mass is 294 g/mol. The molecule has 1 aromatic heterocycles. The van der Waals surface area contributed by atoms with Crippen LogP contribution in [0.15, 0.2) is 41.6 Å². The lowest BCUT2D eigenvalue weighted by Gasteiger charge is -2.14. The smallest absolute Gasteiger partial charge is 0.258 e. The van der Waals surface area contributed by atoms with Gasteiger partial charge in [-0.3, -0.25) is 5.10 Å². The zero-order valence-electron chi connectivity index (χ0n) is 11.4. The third kappa shape index (κ3) is 3.24. The van der Waals surface area contributed by atoms with Crippen molar-refractivity contribution in [2.45, 2.75) is 24.5 Å². The number of H-pyrrole nitrogens is 1. The van der Waals surface area contributed by atoms with Gasteiger partial charge in [0.25, 0.3) is 10.0 Å². The van der Waals surface area contributed by atoms with E-state index in [9.17, 15) is 8.42 Å². The summed E-state index contributed by atoms with van der Waals surface area (Å²) in [6.45, 7) is 2.24. The molecule has 0 aliphatic rings. The van der Waals surface area contributed by atoms with Crippen molar-refractivity contribution in [1.29, 1.82) is 0 Å². The molecule has 0 spiro atoms. The lowest BCUT2D eigenvalue weighted by molar-refractivity contribution is 0.560. The van der Waals surface area contributed by atoms with E-state index < -0.39 is 10.0 Å². The van der Waals surface area contributed by atoms with E-state index in [4.69, 9.17) is 0 Å². The van der Waals surface area contributed by atoms with Crippen LogP contribution in [0.2, 0.25) is 0 Å². The molecule has 2 aromatic rings. The Balaban J connectivity index is 2.21. The highest BCUT2D eigenvalue weighted by Gasteiger charge is 2.23. The number of nitrogens with zero attached hydrogens (tertiary/aromatic N) is 1. The lowest BCUT2D eigenvalue weighted by atomic mass is 10.1. The topological polar surface area (TPSA) is 86.9 Å². The number of benzene rings is 1. The van der Waals surface area contributed by atoms with Crippen molar-refractivity contribution in [3.8, 4) is 0 Å². The van der Waals surface area contributed by atoms with Gasteiger partial charge in [-0.1, -0.05) is 30.3 Å². The molecule has 1 unspecified atom stereocenters. The molecular weight excluding hydrogens is 276 g/mol. The van der Waals surface area contributed by atoms with E-state index >= 15 is 0 Å². The normalized spacial score (nSPS) is 13.3. The highest BCUT2D eigenvalue weighted by Crippen LogP contribution is 2.17. The van der Waals surface area contributed by atoms with Crippen LogP contribution in [0.5, 0.6) is 0 Å². The Morgan fingerprint density at radius 3 is 2.65 bits per heavy atom. The predicted octanol–water partition coefficient (Wildman–Crippen LogP) is 1.17. The van der Waals surface area contributed by atoms with Crippen molar-refractivity contribution < 1.29 is 8.42 Å². The van der Waals surface area contributed by atoms with Gasteiger partial charge in [0.05, 0.1) is 6.20 Å². The van der Waals surface area contributed by atoms with Crippen molar-refractivity contribution in [2.24, 2.45) is 0 Å². The molecule has 0 saturated carbocycles. The van der Waals surface area contributed by atoms with Gasteiger partial charge in [-0.2, -0.15) is 5.10 Å². The van der Waals surface area contributed by atoms with Crippen LogP contribution in [-0.4, -0.2) is 25.7 Å². The van der Waals surface area contributed by atoms with Crippen LogP contribution in [0.25, 0.3) is 0 Å². The summed E-state index contributed by atoms with van der Waals surface area (Å²) in [6.07, 6.45) is 1.51. The molecule has 0 saturated heterocycles. The van der Waals surface area contributed by atoms with E-state index in [1.807, 2.05) is 30.3 Å². The second-order valence-corrected chi connectivity index (χ2v) is 6.16. The van der Waals surface area contributed by atoms with Crippen molar-refractivity contribution >= 4 is 10.0 Å². The fourth-order valence-corrected chi connectivity index (χ4v) is 3.31. The van der Waals surface area contributed by atoms with Crippen molar-refractivity contribution in [3.63, 3.8) is 0 Å². The molecule has 0 bridgehead atoms. The fourth-order valence-electron chi connectivity index (χ4n) is 1.95. The summed E-state index contributed by atoms with van der Waals surface area (Å²) in [5.41, 5.74) is 1.52. The van der Waals surface area contributed by atoms with Crippen LogP contribution in [0.3, 0.4) is 0 Å². The van der Waals surface area contributed by atoms with Gasteiger partial charge in [0.15, 0.2) is 5.03 Å². The highest BCUT2D eigenvalue weighted by atomic mass is 32.2. The van der Waals surface area contributed by atoms with Gasteiger partial charge in [-0.05, 0) is 19.5 Å². The first-order valence-electron chi connectivity index (χ1n) is 6.28. The number of aromatic nitrogens is 2. The van der Waals surface area contributed by atoms with Gasteiger partial charge < -0.3 is 5.32 Å². The Morgan fingerprint density at radius 2 is 2.00 bits per heavy atom. The maximum atomic E-state index is 12.4. The molecule has 7 heteroatoms. The Hall–Kier alpha value is -1.70. The van der Waals surface area contributed by atoms with Crippen LogP contribution in [0.1, 0.15) is 24.1 Å². The summed E-state index contributed by atoms with van der Waals surface area (Å²) in [5, 5.41) is 9.37. The maximum Gasteiger partial charge on any atom is 0.258 e. The molecule has 1 atom stereocenters. The van der Waals surface area contributed by atoms with Gasteiger partial charge in [0, 0.05) is 18.2 Å². The summed E-state index contributed by atoms with van der Waals surface area (Å²) in [7, 11) is -1.87. The third-order valence-corrected chi connectivity index (χ3v) is 4.50. The average molecular weight is 294 g/mol. The zero-order valence-corrected chi connectivity index (χ0v) is 12.2. The Bertz CT molecular complexity index is 652. The molecule has 6 nitrogen and oxygen atoms in total. The van der Waals surface area contributed by atoms with Crippen molar-refractivity contribution in [3.05, 3.63) is 47.7 Å². The van der Waals surface area contributed by atoms with Gasteiger partial charge in [-0.15, -0.1) is 0 Å². The predicted molar refractivity (Wildman–Crippen MR) is 76.5 cm³/mol. The highest BCUT2D eigenvalue weighted by molar-refractivity contribution is 7.89. The summed E-state index contributed by atoms with van der Waals surface area (Å²) in [4.78, 5) is 0. The molecule has 1 heterocycles. The minimum absolute atomic E-state index is 0.106. The lowest BCUT2D eigenvalue weighted by Crippen LogP contribution is -2.28. The van der Waals surface area contributed by atoms with Gasteiger partial charge in [-0.25, -0.2) is 13.1 Å². The maximum absolute atomic E-state index is 12.4. The quantitative estimate of drug-likeness (QED) is 0.746. The Morgan fingerprint density at radius 1 is 1.30 bits per heavy atom. The minimum atomic E-state index is -3.63. The van der Waals surface area contributed by atoms with Gasteiger partial charge in [0.2, 0.25) is 0 Å². The molecule has 1 aromatic carbocycles. The molecule has 0 radical (unpaired) electrons. The fraction of sp³-hybridized carbons (Fsp3) is 0.308. The number of aromatic amines is 1. The Kier molecular flexibility index (Phi) is 4.53. The summed E-state index contributed by atoms with van der Waals surface area (Å²) in [5.74, 6) is 0. The molecular formula is C13H18N4O2S. The number of rotatable bonds is 6. The first-order valence-corrected chi connectivity index (χ1v) is 7.77. The third-order valence-electron chi connectivity index (χ3n) is 2.95. The molecule has 108 valence electrons. The van der Waals surface area contributed by atoms with Crippen LogP contribution in [0, 0.1) is 0 Å². The number of sulfonamides is 1. The van der Waals surface area contributed by atoms with Crippen LogP contribution in [0.4, 0.5) is 0 Å². The van der Waals surface area contributed by atoms with Crippen molar-refractivity contribution in [2.75, 3.05) is 7.05 Å². The Labute approximate surface area is 118 Å². The van der Waals surface area contributed by atoms with E-state index in [1.165, 1.54) is 6.20 Å². The summed E-state index contributed by atoms with van der Waals surface area (Å²) >= 11 is 0. The first kappa shape index (κ1) is 14.7. The molecule has 0 aliphatic heterocycles. The molecule has 0 fully saturated rings. The average Bonchev–Trinajstić information content (AvgIpc) is 2.89. The van der Waals surface area contributed by atoms with Crippen LogP contribution in [-0.2, 0) is 16.6 Å². The second kappa shape index (κ2) is 6.17. The summed E-state index contributed by atoms with van der Waals surface area (Å²) < 4.78 is 27.4. The van der Waals surface area contributed by atoms with E-state index in [1.54, 1.807) is 14.0 Å². The van der Waals surface area contributed by atoms with Gasteiger partial charge >= 0.3 is 0 Å². The van der Waals surface area contributed by atoms with E-state index in [2.05, 4.69) is 20.2 Å². The molecule has 0 aliphatic carbocycles. The largest absolute Gasteiger partial charge is 0.316 e. The number of nitrogens with one attached hydrogen (secondary N) is 3. The SMILES string of the molecule is CNCc1cn[nH]c1S(=O)(=O)NC(C)c1ccccc1. The second-order valence-electron chi connectivity index (χ2n) is 4.51. The van der Waals surface area contributed by atoms with E-state index in [0.717, 1.165) is 5.56 Å². The first-order chi connectivity index (χ1) is 9.54. The summed E-state index contributed by atoms with van der Waals surface area (Å²) in [6, 6.07) is 9.10. The molecule has 0 amide bonds. The van der Waals surface area contributed by atoms with Gasteiger partial charge in [0.1, 0.15) is 0 Å². The van der Waals surface area contributed by atoms with Crippen molar-refractivity contribution in [1.82, 2.24) is 20.2 Å². The number of hydrogen-bond donors (Lipinski definition) is 3. The molecule has 2 rings (SSSR count). The molecule has 20 heavy (non-hydrogen) atoms. The minimum Gasteiger partial charge on any atom is -0.316 e. The van der Waals surface area contributed by atoms with Crippen LogP contribution < -0.4 is 10.0 Å². The standard InChI is InChI=1S/C13H18N4O2S/c1-10(11-6-4-3-5-7-11)17-20(18,19)13-12(8-14-2)9-15-16-13/h3-7,9-10,14,17H,8H2,1-2H3,(H,15,16). The number of hydrogen-bond acceptors (Lipinski definition) is 4.